The van der Waals surface area contributed by atoms with Crippen LogP contribution in [0.25, 0.3) is 0 Å². The molecule has 1 heterocycles. The largest absolute Gasteiger partial charge is 0.490 e. The standard InChI is InChI=1S/C13H18N2O2.C2HF3O2/c14-12-7-4-8-15(9-12)13(16)17-10-11-5-2-1-3-6-11;3-2(4,5)1(6)7/h1-3,5-6,12H,4,7-10,14H2;(H,6,7). The maximum atomic E-state index is 11.8. The average Bonchev–Trinajstić information content (AvgIpc) is 2.53. The summed E-state index contributed by atoms with van der Waals surface area (Å²) in [4.78, 5) is 22.4. The first kappa shape index (κ1) is 19.8. The molecule has 0 saturated carbocycles. The Morgan fingerprint density at radius 2 is 1.88 bits per heavy atom. The molecule has 0 aliphatic carbocycles. The monoisotopic (exact) mass is 348 g/mol. The summed E-state index contributed by atoms with van der Waals surface area (Å²) < 4.78 is 37.0. The molecule has 3 N–H and O–H groups in total. The fraction of sp³-hybridized carbons (Fsp3) is 0.467. The van der Waals surface area contributed by atoms with Gasteiger partial charge in [-0.3, -0.25) is 0 Å². The van der Waals surface area contributed by atoms with Gasteiger partial charge in [-0.1, -0.05) is 30.3 Å². The number of piperidine rings is 1. The van der Waals surface area contributed by atoms with Gasteiger partial charge >= 0.3 is 18.2 Å². The summed E-state index contributed by atoms with van der Waals surface area (Å²) in [6, 6.07) is 9.77. The lowest BCUT2D eigenvalue weighted by Gasteiger charge is -2.29. The quantitative estimate of drug-likeness (QED) is 0.856. The van der Waals surface area contributed by atoms with Crippen molar-refractivity contribution in [2.24, 2.45) is 5.73 Å². The molecule has 1 saturated heterocycles. The number of amides is 1. The second-order valence-electron chi connectivity index (χ2n) is 5.19. The predicted octanol–water partition coefficient (Wildman–Crippen LogP) is 2.38. The summed E-state index contributed by atoms with van der Waals surface area (Å²) in [5.41, 5.74) is 6.82. The third-order valence-corrected chi connectivity index (χ3v) is 3.16. The lowest BCUT2D eigenvalue weighted by molar-refractivity contribution is -0.192. The van der Waals surface area contributed by atoms with E-state index in [4.69, 9.17) is 20.4 Å². The van der Waals surface area contributed by atoms with Crippen LogP contribution in [0.5, 0.6) is 0 Å². The molecule has 9 heteroatoms. The van der Waals surface area contributed by atoms with Gasteiger partial charge in [0.15, 0.2) is 0 Å². The number of hydrogen-bond donors (Lipinski definition) is 2. The number of hydrogen-bond acceptors (Lipinski definition) is 4. The first-order chi connectivity index (χ1) is 11.2. The summed E-state index contributed by atoms with van der Waals surface area (Å²) in [5, 5.41) is 7.12. The number of carbonyl (C=O) groups is 2. The molecule has 24 heavy (non-hydrogen) atoms. The summed E-state index contributed by atoms with van der Waals surface area (Å²) in [6.45, 7) is 1.68. The van der Waals surface area contributed by atoms with Crippen LogP contribution in [0.15, 0.2) is 30.3 Å². The smallest absolute Gasteiger partial charge is 0.475 e. The van der Waals surface area contributed by atoms with Crippen LogP contribution in [0, 0.1) is 0 Å². The molecular weight excluding hydrogens is 329 g/mol. The zero-order chi connectivity index (χ0) is 18.2. The Morgan fingerprint density at radius 3 is 2.38 bits per heavy atom. The van der Waals surface area contributed by atoms with E-state index in [2.05, 4.69) is 0 Å². The van der Waals surface area contributed by atoms with Gasteiger partial charge in [0.1, 0.15) is 6.61 Å². The molecule has 0 spiro atoms. The summed E-state index contributed by atoms with van der Waals surface area (Å²) >= 11 is 0. The average molecular weight is 348 g/mol. The van der Waals surface area contributed by atoms with Gasteiger partial charge in [0.2, 0.25) is 0 Å². The lowest BCUT2D eigenvalue weighted by atomic mass is 10.1. The topological polar surface area (TPSA) is 92.9 Å². The van der Waals surface area contributed by atoms with Crippen molar-refractivity contribution in [3.05, 3.63) is 35.9 Å². The number of carbonyl (C=O) groups excluding carboxylic acids is 1. The molecule has 1 atom stereocenters. The van der Waals surface area contributed by atoms with E-state index in [1.54, 1.807) is 4.90 Å². The summed E-state index contributed by atoms with van der Waals surface area (Å²) in [5.74, 6) is -2.76. The molecule has 0 aromatic heterocycles. The fourth-order valence-corrected chi connectivity index (χ4v) is 1.99. The number of halogens is 3. The maximum absolute atomic E-state index is 11.8. The molecule has 1 fully saturated rings. The van der Waals surface area contributed by atoms with E-state index >= 15 is 0 Å². The lowest BCUT2D eigenvalue weighted by Crippen LogP contribution is -2.45. The van der Waals surface area contributed by atoms with E-state index in [1.165, 1.54) is 0 Å². The minimum atomic E-state index is -5.08. The van der Waals surface area contributed by atoms with Gasteiger partial charge in [-0.2, -0.15) is 13.2 Å². The molecular formula is C15H19F3N2O4. The molecule has 1 amide bonds. The van der Waals surface area contributed by atoms with Gasteiger partial charge in [0.05, 0.1) is 0 Å². The van der Waals surface area contributed by atoms with Crippen molar-refractivity contribution in [1.82, 2.24) is 4.90 Å². The Bertz CT molecular complexity index is 537. The highest BCUT2D eigenvalue weighted by molar-refractivity contribution is 5.73. The minimum absolute atomic E-state index is 0.0908. The highest BCUT2D eigenvalue weighted by atomic mass is 19.4. The van der Waals surface area contributed by atoms with Crippen molar-refractivity contribution in [2.45, 2.75) is 31.7 Å². The molecule has 0 bridgehead atoms. The number of ether oxygens (including phenoxy) is 1. The molecule has 1 aromatic rings. The van der Waals surface area contributed by atoms with Crippen LogP contribution in [0.1, 0.15) is 18.4 Å². The van der Waals surface area contributed by atoms with Crippen LogP contribution in [-0.4, -0.2) is 47.4 Å². The van der Waals surface area contributed by atoms with Crippen LogP contribution in [0.3, 0.4) is 0 Å². The number of likely N-dealkylation sites (tertiary alicyclic amines) is 1. The van der Waals surface area contributed by atoms with Gasteiger partial charge in [0, 0.05) is 19.1 Å². The first-order valence-electron chi connectivity index (χ1n) is 7.21. The SMILES string of the molecule is NC1CCCN(C(=O)OCc2ccccc2)C1.O=C(O)C(F)(F)F. The number of rotatable bonds is 2. The Labute approximate surface area is 137 Å². The van der Waals surface area contributed by atoms with Crippen LogP contribution in [0.4, 0.5) is 18.0 Å². The van der Waals surface area contributed by atoms with Crippen molar-refractivity contribution in [3.8, 4) is 0 Å². The fourth-order valence-electron chi connectivity index (χ4n) is 1.99. The summed E-state index contributed by atoms with van der Waals surface area (Å²) in [7, 11) is 0. The second kappa shape index (κ2) is 9.11. The Balaban J connectivity index is 0.000000351. The molecule has 6 nitrogen and oxygen atoms in total. The zero-order valence-electron chi connectivity index (χ0n) is 12.8. The molecule has 1 aliphatic heterocycles. The van der Waals surface area contributed by atoms with Crippen molar-refractivity contribution in [1.29, 1.82) is 0 Å². The highest BCUT2D eigenvalue weighted by Gasteiger charge is 2.38. The van der Waals surface area contributed by atoms with Gasteiger partial charge in [-0.25, -0.2) is 9.59 Å². The minimum Gasteiger partial charge on any atom is -0.475 e. The molecule has 1 unspecified atom stereocenters. The van der Waals surface area contributed by atoms with Crippen molar-refractivity contribution < 1.29 is 32.6 Å². The third kappa shape index (κ3) is 7.32. The Hall–Kier alpha value is -2.29. The van der Waals surface area contributed by atoms with Crippen LogP contribution < -0.4 is 5.73 Å². The summed E-state index contributed by atoms with van der Waals surface area (Å²) in [6.07, 6.45) is -3.40. The van der Waals surface area contributed by atoms with E-state index in [9.17, 15) is 18.0 Å². The van der Waals surface area contributed by atoms with E-state index in [-0.39, 0.29) is 12.1 Å². The molecule has 1 aromatic carbocycles. The second-order valence-corrected chi connectivity index (χ2v) is 5.19. The number of aliphatic carboxylic acids is 1. The van der Waals surface area contributed by atoms with Gasteiger partial charge in [-0.15, -0.1) is 0 Å². The highest BCUT2D eigenvalue weighted by Crippen LogP contribution is 2.13. The number of alkyl halides is 3. The molecule has 0 radical (unpaired) electrons. The van der Waals surface area contributed by atoms with Gasteiger partial charge in [0.25, 0.3) is 0 Å². The van der Waals surface area contributed by atoms with Crippen LogP contribution >= 0.6 is 0 Å². The Kier molecular flexibility index (Phi) is 7.50. The van der Waals surface area contributed by atoms with Crippen LogP contribution in [-0.2, 0) is 16.1 Å². The normalized spacial score (nSPS) is 17.5. The van der Waals surface area contributed by atoms with Gasteiger partial charge in [-0.05, 0) is 18.4 Å². The van der Waals surface area contributed by atoms with E-state index in [0.29, 0.717) is 13.2 Å². The predicted molar refractivity (Wildman–Crippen MR) is 79.1 cm³/mol. The van der Waals surface area contributed by atoms with E-state index < -0.39 is 12.1 Å². The van der Waals surface area contributed by atoms with Crippen molar-refractivity contribution in [2.75, 3.05) is 13.1 Å². The van der Waals surface area contributed by atoms with Crippen molar-refractivity contribution >= 4 is 12.1 Å². The van der Waals surface area contributed by atoms with Gasteiger partial charge < -0.3 is 20.5 Å². The third-order valence-electron chi connectivity index (χ3n) is 3.16. The number of benzene rings is 1. The van der Waals surface area contributed by atoms with E-state index in [0.717, 1.165) is 24.9 Å². The van der Waals surface area contributed by atoms with E-state index in [1.807, 2.05) is 30.3 Å². The Morgan fingerprint density at radius 1 is 1.29 bits per heavy atom. The molecule has 134 valence electrons. The van der Waals surface area contributed by atoms with Crippen LogP contribution in [0.2, 0.25) is 0 Å². The maximum Gasteiger partial charge on any atom is 0.490 e. The number of nitrogens with two attached hydrogens (primary N) is 1. The molecule has 1 aliphatic rings. The number of carboxylic acids is 1. The number of carboxylic acid groups (broad SMARTS) is 1. The molecule has 2 rings (SSSR count). The van der Waals surface area contributed by atoms with Crippen molar-refractivity contribution in [3.63, 3.8) is 0 Å². The number of nitrogens with zero attached hydrogens (tertiary/aromatic N) is 1. The zero-order valence-corrected chi connectivity index (χ0v) is 12.8. The first-order valence-corrected chi connectivity index (χ1v) is 7.21.